The summed E-state index contributed by atoms with van der Waals surface area (Å²) in [6.07, 6.45) is 7.08. The van der Waals surface area contributed by atoms with Crippen LogP contribution in [0.3, 0.4) is 0 Å². The van der Waals surface area contributed by atoms with Gasteiger partial charge in [-0.2, -0.15) is 0 Å². The SMILES string of the molecule is C#CC[C@H](Cc1cn(C(=O)OC(C)(C)C)c2ccccc12)NC(=O)OC(C)(C)C. The van der Waals surface area contributed by atoms with Gasteiger partial charge in [-0.05, 0) is 59.6 Å². The molecular weight excluding hydrogens is 368 g/mol. The van der Waals surface area contributed by atoms with Crippen molar-refractivity contribution in [1.82, 2.24) is 9.88 Å². The van der Waals surface area contributed by atoms with Gasteiger partial charge in [-0.3, -0.25) is 4.57 Å². The molecule has 0 fully saturated rings. The van der Waals surface area contributed by atoms with Crippen LogP contribution in [0.15, 0.2) is 30.5 Å². The number of para-hydroxylation sites is 1. The van der Waals surface area contributed by atoms with Crippen LogP contribution in [0, 0.1) is 12.3 Å². The maximum Gasteiger partial charge on any atom is 0.419 e. The monoisotopic (exact) mass is 398 g/mol. The molecule has 156 valence electrons. The Morgan fingerprint density at radius 1 is 1.10 bits per heavy atom. The zero-order chi connectivity index (χ0) is 21.8. The summed E-state index contributed by atoms with van der Waals surface area (Å²) in [4.78, 5) is 24.8. The van der Waals surface area contributed by atoms with Crippen molar-refractivity contribution in [3.63, 3.8) is 0 Å². The highest BCUT2D eigenvalue weighted by molar-refractivity contribution is 5.92. The number of alkyl carbamates (subject to hydrolysis) is 1. The van der Waals surface area contributed by atoms with Crippen molar-refractivity contribution in [2.45, 2.75) is 71.6 Å². The predicted molar refractivity (Wildman–Crippen MR) is 114 cm³/mol. The van der Waals surface area contributed by atoms with Crippen molar-refractivity contribution in [3.8, 4) is 12.3 Å². The second kappa shape index (κ2) is 8.60. The quantitative estimate of drug-likeness (QED) is 0.745. The molecule has 0 saturated heterocycles. The smallest absolute Gasteiger partial charge is 0.419 e. The van der Waals surface area contributed by atoms with Crippen molar-refractivity contribution in [3.05, 3.63) is 36.0 Å². The molecule has 2 rings (SSSR count). The zero-order valence-corrected chi connectivity index (χ0v) is 18.0. The van der Waals surface area contributed by atoms with Gasteiger partial charge in [0.25, 0.3) is 0 Å². The summed E-state index contributed by atoms with van der Waals surface area (Å²) in [5.41, 5.74) is 0.431. The van der Waals surface area contributed by atoms with E-state index in [9.17, 15) is 9.59 Å². The molecule has 2 aromatic rings. The first kappa shape index (κ1) is 22.4. The molecule has 1 aromatic carbocycles. The molecule has 6 nitrogen and oxygen atoms in total. The number of fused-ring (bicyclic) bond motifs is 1. The number of carbonyl (C=O) groups is 2. The van der Waals surface area contributed by atoms with E-state index >= 15 is 0 Å². The molecule has 1 heterocycles. The van der Waals surface area contributed by atoms with Crippen LogP contribution < -0.4 is 5.32 Å². The summed E-state index contributed by atoms with van der Waals surface area (Å²) in [7, 11) is 0. The Labute approximate surface area is 172 Å². The summed E-state index contributed by atoms with van der Waals surface area (Å²) in [6.45, 7) is 10.9. The van der Waals surface area contributed by atoms with Crippen molar-refractivity contribution < 1.29 is 19.1 Å². The predicted octanol–water partition coefficient (Wildman–Crippen LogP) is 4.88. The van der Waals surface area contributed by atoms with Gasteiger partial charge >= 0.3 is 12.2 Å². The summed E-state index contributed by atoms with van der Waals surface area (Å²) in [5.74, 6) is 2.60. The normalized spacial score (nSPS) is 12.9. The van der Waals surface area contributed by atoms with E-state index in [2.05, 4.69) is 11.2 Å². The van der Waals surface area contributed by atoms with Crippen molar-refractivity contribution in [1.29, 1.82) is 0 Å². The van der Waals surface area contributed by atoms with Gasteiger partial charge in [-0.15, -0.1) is 12.3 Å². The third kappa shape index (κ3) is 6.56. The Hall–Kier alpha value is -2.94. The molecule has 0 unspecified atom stereocenters. The van der Waals surface area contributed by atoms with Crippen LogP contribution in [0.1, 0.15) is 53.5 Å². The number of carbonyl (C=O) groups excluding carboxylic acids is 2. The minimum Gasteiger partial charge on any atom is -0.444 e. The number of nitrogens with one attached hydrogen (secondary N) is 1. The fraction of sp³-hybridized carbons (Fsp3) is 0.478. The van der Waals surface area contributed by atoms with E-state index in [1.807, 2.05) is 45.0 Å². The highest BCUT2D eigenvalue weighted by atomic mass is 16.6. The zero-order valence-electron chi connectivity index (χ0n) is 18.0. The number of rotatable bonds is 4. The Morgan fingerprint density at radius 3 is 2.31 bits per heavy atom. The average molecular weight is 399 g/mol. The van der Waals surface area contributed by atoms with Crippen LogP contribution in [0.2, 0.25) is 0 Å². The van der Waals surface area contributed by atoms with Gasteiger partial charge in [0.1, 0.15) is 11.2 Å². The first-order valence-corrected chi connectivity index (χ1v) is 9.65. The third-order valence-corrected chi connectivity index (χ3v) is 3.94. The van der Waals surface area contributed by atoms with Crippen LogP contribution >= 0.6 is 0 Å². The lowest BCUT2D eigenvalue weighted by molar-refractivity contribution is 0.0500. The second-order valence-corrected chi connectivity index (χ2v) is 8.98. The van der Waals surface area contributed by atoms with Crippen LogP contribution in [0.5, 0.6) is 0 Å². The fourth-order valence-corrected chi connectivity index (χ4v) is 2.93. The number of benzene rings is 1. The molecule has 1 aromatic heterocycles. The lowest BCUT2D eigenvalue weighted by Gasteiger charge is -2.22. The van der Waals surface area contributed by atoms with Crippen molar-refractivity contribution in [2.24, 2.45) is 0 Å². The number of aromatic nitrogens is 1. The van der Waals surface area contributed by atoms with Gasteiger partial charge in [0.05, 0.1) is 5.52 Å². The highest BCUT2D eigenvalue weighted by Crippen LogP contribution is 2.24. The molecule has 0 spiro atoms. The Balaban J connectivity index is 2.30. The Kier molecular flexibility index (Phi) is 6.63. The number of terminal acetylenes is 1. The lowest BCUT2D eigenvalue weighted by Crippen LogP contribution is -2.40. The standard InChI is InChI=1S/C23H30N2O4/c1-8-11-17(24-20(26)28-22(2,3)4)14-16-15-25(21(27)29-23(5,6)7)19-13-10-9-12-18(16)19/h1,9-10,12-13,15,17H,11,14H2,2-7H3,(H,24,26)/t17-/m1/s1. The van der Waals surface area contributed by atoms with Gasteiger partial charge in [0.2, 0.25) is 0 Å². The number of ether oxygens (including phenoxy) is 2. The molecule has 1 amide bonds. The van der Waals surface area contributed by atoms with Crippen molar-refractivity contribution in [2.75, 3.05) is 0 Å². The number of amides is 1. The van der Waals surface area contributed by atoms with Crippen LogP contribution in [-0.2, 0) is 15.9 Å². The summed E-state index contributed by atoms with van der Waals surface area (Å²) >= 11 is 0. The molecule has 0 aliphatic carbocycles. The summed E-state index contributed by atoms with van der Waals surface area (Å²) < 4.78 is 12.4. The maximum absolute atomic E-state index is 12.7. The van der Waals surface area contributed by atoms with Gasteiger partial charge in [-0.25, -0.2) is 9.59 Å². The molecule has 0 aliphatic heterocycles. The fourth-order valence-electron chi connectivity index (χ4n) is 2.93. The minimum absolute atomic E-state index is 0.326. The van der Waals surface area contributed by atoms with E-state index in [-0.39, 0.29) is 6.04 Å². The largest absolute Gasteiger partial charge is 0.444 e. The third-order valence-electron chi connectivity index (χ3n) is 3.94. The Bertz CT molecular complexity index is 923. The molecule has 0 bridgehead atoms. The van der Waals surface area contributed by atoms with Gasteiger partial charge in [0, 0.05) is 24.0 Å². The summed E-state index contributed by atoms with van der Waals surface area (Å²) in [5, 5.41) is 3.74. The number of hydrogen-bond donors (Lipinski definition) is 1. The molecule has 29 heavy (non-hydrogen) atoms. The molecule has 1 atom stereocenters. The maximum atomic E-state index is 12.7. The van der Waals surface area contributed by atoms with Crippen LogP contribution in [0.25, 0.3) is 10.9 Å². The topological polar surface area (TPSA) is 69.6 Å². The van der Waals surface area contributed by atoms with E-state index < -0.39 is 23.4 Å². The molecule has 0 radical (unpaired) electrons. The first-order chi connectivity index (χ1) is 13.4. The van der Waals surface area contributed by atoms with Gasteiger partial charge < -0.3 is 14.8 Å². The average Bonchev–Trinajstić information content (AvgIpc) is 2.91. The number of hydrogen-bond acceptors (Lipinski definition) is 4. The Morgan fingerprint density at radius 2 is 1.72 bits per heavy atom. The van der Waals surface area contributed by atoms with Crippen molar-refractivity contribution >= 4 is 23.1 Å². The minimum atomic E-state index is -0.604. The second-order valence-electron chi connectivity index (χ2n) is 8.98. The van der Waals surface area contributed by atoms with Gasteiger partial charge in [-0.1, -0.05) is 18.2 Å². The lowest BCUT2D eigenvalue weighted by atomic mass is 10.0. The molecule has 1 N–H and O–H groups in total. The van der Waals surface area contributed by atoms with E-state index in [1.165, 1.54) is 4.57 Å². The van der Waals surface area contributed by atoms with Crippen LogP contribution in [-0.4, -0.2) is 34.0 Å². The first-order valence-electron chi connectivity index (χ1n) is 9.65. The number of nitrogens with zero attached hydrogens (tertiary/aromatic N) is 1. The summed E-state index contributed by atoms with van der Waals surface area (Å²) in [6, 6.07) is 7.24. The van der Waals surface area contributed by atoms with E-state index in [1.54, 1.807) is 27.0 Å². The molecule has 0 aliphatic rings. The van der Waals surface area contributed by atoms with Crippen LogP contribution in [0.4, 0.5) is 9.59 Å². The molecular formula is C23H30N2O4. The highest BCUT2D eigenvalue weighted by Gasteiger charge is 2.23. The van der Waals surface area contributed by atoms with E-state index in [0.29, 0.717) is 12.8 Å². The van der Waals surface area contributed by atoms with Gasteiger partial charge in [0.15, 0.2) is 0 Å². The van der Waals surface area contributed by atoms with E-state index in [4.69, 9.17) is 15.9 Å². The molecule has 0 saturated carbocycles. The molecule has 6 heteroatoms. The van der Waals surface area contributed by atoms with E-state index in [0.717, 1.165) is 16.5 Å².